The van der Waals surface area contributed by atoms with Crippen molar-refractivity contribution in [1.29, 1.82) is 0 Å². The van der Waals surface area contributed by atoms with Gasteiger partial charge in [0.05, 0.1) is 18.1 Å². The zero-order valence-electron chi connectivity index (χ0n) is 12.8. The highest BCUT2D eigenvalue weighted by Crippen LogP contribution is 2.50. The monoisotopic (exact) mass is 345 g/mol. The van der Waals surface area contributed by atoms with Crippen LogP contribution in [-0.4, -0.2) is 44.2 Å². The van der Waals surface area contributed by atoms with Gasteiger partial charge in [0.15, 0.2) is 6.17 Å². The molecule has 0 bridgehead atoms. The van der Waals surface area contributed by atoms with E-state index in [2.05, 4.69) is 0 Å². The Morgan fingerprint density at radius 1 is 1.26 bits per heavy atom. The van der Waals surface area contributed by atoms with Crippen LogP contribution in [0, 0.1) is 5.82 Å². The van der Waals surface area contributed by atoms with Crippen molar-refractivity contribution in [3.8, 4) is 0 Å². The highest BCUT2D eigenvalue weighted by atomic mass is 32.2. The second-order valence-corrected chi connectivity index (χ2v) is 8.59. The maximum absolute atomic E-state index is 14.6. The summed E-state index contributed by atoms with van der Waals surface area (Å²) in [4.78, 5) is -0.124. The lowest BCUT2D eigenvalue weighted by molar-refractivity contribution is -0.202. The normalized spacial score (nSPS) is 30.6. The molecule has 2 saturated heterocycles. The minimum atomic E-state index is -3.86. The molecule has 2 fully saturated rings. The van der Waals surface area contributed by atoms with Gasteiger partial charge >= 0.3 is 0 Å². The van der Waals surface area contributed by atoms with Crippen molar-refractivity contribution in [1.82, 2.24) is 4.31 Å². The summed E-state index contributed by atoms with van der Waals surface area (Å²) in [5.74, 6) is -2.44. The molecule has 1 spiro atoms. The third-order valence-electron chi connectivity index (χ3n) is 4.75. The number of fused-ring (bicyclic) bond motifs is 2. The summed E-state index contributed by atoms with van der Waals surface area (Å²) in [5, 5.41) is 0. The number of halogens is 2. The molecule has 0 radical (unpaired) electrons. The van der Waals surface area contributed by atoms with E-state index < -0.39 is 33.3 Å². The Morgan fingerprint density at radius 3 is 2.43 bits per heavy atom. The lowest BCUT2D eigenvalue weighted by atomic mass is 10.1. The van der Waals surface area contributed by atoms with Crippen LogP contribution < -0.4 is 0 Å². The van der Waals surface area contributed by atoms with E-state index in [0.717, 1.165) is 6.07 Å². The Kier molecular flexibility index (Phi) is 3.02. The number of benzene rings is 1. The third kappa shape index (κ3) is 1.95. The summed E-state index contributed by atoms with van der Waals surface area (Å²) >= 11 is 0. The van der Waals surface area contributed by atoms with Crippen molar-refractivity contribution < 1.29 is 26.7 Å². The first-order chi connectivity index (χ1) is 10.7. The van der Waals surface area contributed by atoms with Crippen LogP contribution in [0.3, 0.4) is 0 Å². The first kappa shape index (κ1) is 15.4. The average Bonchev–Trinajstić information content (AvgIpc) is 2.87. The van der Waals surface area contributed by atoms with Gasteiger partial charge in [-0.2, -0.15) is 4.31 Å². The van der Waals surface area contributed by atoms with Crippen LogP contribution >= 0.6 is 0 Å². The Balaban J connectivity index is 1.93. The fraction of sp³-hybridized carbons (Fsp3) is 0.600. The predicted octanol–water partition coefficient (Wildman–Crippen LogP) is 1.70. The standard InChI is InChI=1S/C15H17F2NO4S/c1-14(2)8-18(14)23(19,20)11-4-3-10(16)9-7-12(17)15(13(9)11)21-5-6-22-15/h3-4,12H,5-8H2,1-2H3. The van der Waals surface area contributed by atoms with Crippen molar-refractivity contribution in [2.45, 2.75) is 42.7 Å². The summed E-state index contributed by atoms with van der Waals surface area (Å²) < 4.78 is 66.7. The van der Waals surface area contributed by atoms with Gasteiger partial charge in [0.1, 0.15) is 5.82 Å². The summed E-state index contributed by atoms with van der Waals surface area (Å²) in [6.07, 6.45) is -1.89. The van der Waals surface area contributed by atoms with Crippen molar-refractivity contribution in [2.75, 3.05) is 19.8 Å². The van der Waals surface area contributed by atoms with Gasteiger partial charge in [-0.15, -0.1) is 0 Å². The minimum absolute atomic E-state index is 0.00907. The SMILES string of the molecule is CC1(C)CN1S(=O)(=O)c1ccc(F)c2c1C1(OCCO1)C(F)C2. The predicted molar refractivity (Wildman–Crippen MR) is 76.6 cm³/mol. The quantitative estimate of drug-likeness (QED) is 0.766. The molecule has 2 heterocycles. The van der Waals surface area contributed by atoms with E-state index in [1.165, 1.54) is 10.4 Å². The van der Waals surface area contributed by atoms with E-state index in [0.29, 0.717) is 6.54 Å². The van der Waals surface area contributed by atoms with Gasteiger partial charge in [0, 0.05) is 29.6 Å². The first-order valence-corrected chi connectivity index (χ1v) is 8.91. The number of hydrogen-bond acceptors (Lipinski definition) is 4. The van der Waals surface area contributed by atoms with Crippen LogP contribution in [0.2, 0.25) is 0 Å². The topological polar surface area (TPSA) is 55.6 Å². The van der Waals surface area contributed by atoms with Gasteiger partial charge in [-0.1, -0.05) is 0 Å². The first-order valence-electron chi connectivity index (χ1n) is 7.47. The van der Waals surface area contributed by atoms with Crippen LogP contribution in [0.25, 0.3) is 0 Å². The van der Waals surface area contributed by atoms with Crippen LogP contribution in [0.15, 0.2) is 17.0 Å². The Bertz CT molecular complexity index is 787. The number of rotatable bonds is 2. The molecule has 1 aliphatic carbocycles. The summed E-state index contributed by atoms with van der Waals surface area (Å²) in [5.41, 5.74) is -0.469. The zero-order chi connectivity index (χ0) is 16.6. The Labute approximate surface area is 133 Å². The molecule has 0 aromatic heterocycles. The maximum Gasteiger partial charge on any atom is 0.244 e. The fourth-order valence-electron chi connectivity index (χ4n) is 3.47. The molecular weight excluding hydrogens is 328 g/mol. The number of hydrogen-bond donors (Lipinski definition) is 0. The van der Waals surface area contributed by atoms with E-state index in [-0.39, 0.29) is 35.7 Å². The van der Waals surface area contributed by atoms with Crippen LogP contribution in [-0.2, 0) is 31.7 Å². The lowest BCUT2D eigenvalue weighted by Gasteiger charge is -2.27. The molecule has 2 atom stereocenters. The second-order valence-electron chi connectivity index (χ2n) is 6.76. The minimum Gasteiger partial charge on any atom is -0.341 e. The zero-order valence-corrected chi connectivity index (χ0v) is 13.6. The Hall–Kier alpha value is -1.09. The molecule has 0 saturated carbocycles. The highest BCUT2D eigenvalue weighted by Gasteiger charge is 2.59. The van der Waals surface area contributed by atoms with E-state index in [9.17, 15) is 17.2 Å². The van der Waals surface area contributed by atoms with Crippen molar-refractivity contribution in [3.63, 3.8) is 0 Å². The number of sulfonamides is 1. The van der Waals surface area contributed by atoms with E-state index in [1.54, 1.807) is 13.8 Å². The van der Waals surface area contributed by atoms with Gasteiger partial charge in [0.2, 0.25) is 15.8 Å². The molecule has 2 aliphatic heterocycles. The largest absolute Gasteiger partial charge is 0.341 e. The molecule has 1 aromatic carbocycles. The molecule has 5 nitrogen and oxygen atoms in total. The van der Waals surface area contributed by atoms with Gasteiger partial charge < -0.3 is 9.47 Å². The third-order valence-corrected chi connectivity index (χ3v) is 6.85. The van der Waals surface area contributed by atoms with Gasteiger partial charge in [0.25, 0.3) is 0 Å². The summed E-state index contributed by atoms with van der Waals surface area (Å²) in [7, 11) is -3.86. The summed E-state index contributed by atoms with van der Waals surface area (Å²) in [6, 6.07) is 2.26. The molecule has 23 heavy (non-hydrogen) atoms. The molecule has 3 aliphatic rings. The fourth-order valence-corrected chi connectivity index (χ4v) is 5.60. The van der Waals surface area contributed by atoms with Crippen LogP contribution in [0.1, 0.15) is 25.0 Å². The van der Waals surface area contributed by atoms with Crippen LogP contribution in [0.4, 0.5) is 8.78 Å². The molecule has 2 unspecified atom stereocenters. The number of nitrogens with zero attached hydrogens (tertiary/aromatic N) is 1. The second kappa shape index (κ2) is 4.50. The molecule has 1 aromatic rings. The van der Waals surface area contributed by atoms with Crippen LogP contribution in [0.5, 0.6) is 0 Å². The number of ether oxygens (including phenoxy) is 2. The van der Waals surface area contributed by atoms with Crippen molar-refractivity contribution in [2.24, 2.45) is 0 Å². The van der Waals surface area contributed by atoms with Crippen molar-refractivity contribution >= 4 is 10.0 Å². The summed E-state index contributed by atoms with van der Waals surface area (Å²) in [6.45, 7) is 4.25. The van der Waals surface area contributed by atoms with Gasteiger partial charge in [-0.25, -0.2) is 17.2 Å². The molecule has 0 N–H and O–H groups in total. The molecular formula is C15H17F2NO4S. The van der Waals surface area contributed by atoms with Crippen molar-refractivity contribution in [3.05, 3.63) is 29.1 Å². The number of alkyl halides is 1. The molecule has 4 rings (SSSR count). The van der Waals surface area contributed by atoms with E-state index >= 15 is 0 Å². The Morgan fingerprint density at radius 2 is 1.87 bits per heavy atom. The average molecular weight is 345 g/mol. The highest BCUT2D eigenvalue weighted by molar-refractivity contribution is 7.89. The van der Waals surface area contributed by atoms with Gasteiger partial charge in [-0.3, -0.25) is 0 Å². The molecule has 126 valence electrons. The van der Waals surface area contributed by atoms with E-state index in [1.807, 2.05) is 0 Å². The van der Waals surface area contributed by atoms with E-state index in [4.69, 9.17) is 9.47 Å². The molecule has 8 heteroatoms. The van der Waals surface area contributed by atoms with Gasteiger partial charge in [-0.05, 0) is 26.0 Å². The smallest absolute Gasteiger partial charge is 0.244 e. The lowest BCUT2D eigenvalue weighted by Crippen LogP contribution is -2.36. The maximum atomic E-state index is 14.6. The molecule has 0 amide bonds.